The van der Waals surface area contributed by atoms with Crippen LogP contribution < -0.4 is 15.7 Å². The van der Waals surface area contributed by atoms with E-state index in [4.69, 9.17) is 25.5 Å². The van der Waals surface area contributed by atoms with Crippen LogP contribution in [0.1, 0.15) is 58.1 Å². The van der Waals surface area contributed by atoms with E-state index in [1.165, 1.54) is 6.07 Å². The van der Waals surface area contributed by atoms with Gasteiger partial charge in [0.25, 0.3) is 0 Å². The Balaban J connectivity index is 1.84. The molecule has 1 N–H and O–H groups in total. The van der Waals surface area contributed by atoms with Crippen LogP contribution in [-0.2, 0) is 22.4 Å². The van der Waals surface area contributed by atoms with E-state index in [9.17, 15) is 14.4 Å². The molecule has 0 bridgehead atoms. The summed E-state index contributed by atoms with van der Waals surface area (Å²) >= 11 is 6.36. The van der Waals surface area contributed by atoms with Crippen molar-refractivity contribution in [2.75, 3.05) is 0 Å². The summed E-state index contributed by atoms with van der Waals surface area (Å²) in [4.78, 5) is 36.9. The van der Waals surface area contributed by atoms with Crippen molar-refractivity contribution >= 4 is 34.6 Å². The number of hydrogen-bond acceptors (Lipinski definition) is 6. The maximum atomic E-state index is 12.6. The van der Waals surface area contributed by atoms with Crippen molar-refractivity contribution in [1.29, 1.82) is 0 Å². The van der Waals surface area contributed by atoms with Crippen molar-refractivity contribution in [2.45, 2.75) is 71.4 Å². The Labute approximate surface area is 179 Å². The molecule has 1 heterocycles. The number of esters is 1. The molecule has 0 fully saturated rings. The molecular weight excluding hydrogens is 410 g/mol. The number of ether oxygens (including phenoxy) is 2. The summed E-state index contributed by atoms with van der Waals surface area (Å²) in [7, 11) is 0. The molecule has 1 aromatic carbocycles. The highest BCUT2D eigenvalue weighted by Crippen LogP contribution is 2.34. The van der Waals surface area contributed by atoms with Gasteiger partial charge >= 0.3 is 17.7 Å². The largest absolute Gasteiger partial charge is 0.444 e. The summed E-state index contributed by atoms with van der Waals surface area (Å²) in [5.74, 6) is -0.623. The van der Waals surface area contributed by atoms with Gasteiger partial charge in [-0.05, 0) is 64.5 Å². The van der Waals surface area contributed by atoms with Gasteiger partial charge in [-0.15, -0.1) is 0 Å². The molecule has 0 saturated heterocycles. The van der Waals surface area contributed by atoms with Crippen LogP contribution in [0.5, 0.6) is 5.75 Å². The molecule has 1 unspecified atom stereocenters. The lowest BCUT2D eigenvalue weighted by atomic mass is 9.91. The maximum absolute atomic E-state index is 12.6. The normalized spacial score (nSPS) is 14.7. The highest BCUT2D eigenvalue weighted by atomic mass is 35.5. The first-order valence-electron chi connectivity index (χ1n) is 10.1. The van der Waals surface area contributed by atoms with Crippen LogP contribution in [0.4, 0.5) is 4.79 Å². The molecule has 1 amide bonds. The van der Waals surface area contributed by atoms with E-state index in [1.54, 1.807) is 33.8 Å². The topological polar surface area (TPSA) is 94.8 Å². The number of carbonyl (C=O) groups is 2. The molecule has 1 aromatic heterocycles. The van der Waals surface area contributed by atoms with Gasteiger partial charge in [0.05, 0.1) is 5.02 Å². The molecular formula is C22H26ClNO6. The van der Waals surface area contributed by atoms with Gasteiger partial charge in [0, 0.05) is 17.0 Å². The predicted molar refractivity (Wildman–Crippen MR) is 113 cm³/mol. The van der Waals surface area contributed by atoms with E-state index in [1.807, 2.05) is 0 Å². The van der Waals surface area contributed by atoms with Gasteiger partial charge in [-0.3, -0.25) is 0 Å². The van der Waals surface area contributed by atoms with Crippen LogP contribution in [0.25, 0.3) is 11.0 Å². The van der Waals surface area contributed by atoms with Crippen LogP contribution in [0.2, 0.25) is 5.02 Å². The number of amides is 1. The van der Waals surface area contributed by atoms with Crippen LogP contribution in [0, 0.1) is 0 Å². The van der Waals surface area contributed by atoms with E-state index in [2.05, 4.69) is 5.32 Å². The zero-order valence-electron chi connectivity index (χ0n) is 17.6. The monoisotopic (exact) mass is 435 g/mol. The second kappa shape index (κ2) is 8.68. The Kier molecular flexibility index (Phi) is 6.41. The summed E-state index contributed by atoms with van der Waals surface area (Å²) in [5, 5.41) is 3.48. The molecule has 1 aliphatic carbocycles. The number of benzene rings is 1. The first-order chi connectivity index (χ1) is 14.1. The minimum absolute atomic E-state index is 0.0671. The Morgan fingerprint density at radius 3 is 2.50 bits per heavy atom. The van der Waals surface area contributed by atoms with Gasteiger partial charge in [-0.25, -0.2) is 14.4 Å². The highest BCUT2D eigenvalue weighted by Gasteiger charge is 2.26. The Hall–Kier alpha value is -2.54. The molecule has 0 radical (unpaired) electrons. The fourth-order valence-corrected chi connectivity index (χ4v) is 3.68. The van der Waals surface area contributed by atoms with E-state index in [0.29, 0.717) is 24.0 Å². The molecule has 8 heteroatoms. The minimum Gasteiger partial charge on any atom is -0.444 e. The summed E-state index contributed by atoms with van der Waals surface area (Å²) < 4.78 is 16.1. The van der Waals surface area contributed by atoms with E-state index < -0.39 is 23.7 Å². The number of carbonyl (C=O) groups excluding carboxylic acids is 2. The summed E-state index contributed by atoms with van der Waals surface area (Å²) in [5.41, 5.74) is 0.910. The van der Waals surface area contributed by atoms with Gasteiger partial charge in [-0.1, -0.05) is 18.5 Å². The molecule has 162 valence electrons. The molecule has 2 aromatic rings. The number of aryl methyl sites for hydroxylation is 1. The van der Waals surface area contributed by atoms with E-state index in [-0.39, 0.29) is 16.4 Å². The second-order valence-corrected chi connectivity index (χ2v) is 8.77. The Bertz CT molecular complexity index is 1040. The lowest BCUT2D eigenvalue weighted by Gasteiger charge is -2.22. The van der Waals surface area contributed by atoms with Crippen molar-refractivity contribution < 1.29 is 23.5 Å². The van der Waals surface area contributed by atoms with E-state index >= 15 is 0 Å². The number of hydrogen-bond donors (Lipinski definition) is 1. The van der Waals surface area contributed by atoms with Crippen LogP contribution in [0.15, 0.2) is 21.3 Å². The maximum Gasteiger partial charge on any atom is 0.408 e. The summed E-state index contributed by atoms with van der Waals surface area (Å²) in [6.45, 7) is 6.92. The Morgan fingerprint density at radius 2 is 1.87 bits per heavy atom. The SMILES string of the molecule is CCC(NC(=O)OC(C)(C)C)C(=O)Oc1cc2oc(=O)c3c(c2cc1Cl)CCCC3. The van der Waals surface area contributed by atoms with E-state index in [0.717, 1.165) is 30.2 Å². The number of fused-ring (bicyclic) bond motifs is 3. The lowest BCUT2D eigenvalue weighted by molar-refractivity contribution is -0.136. The van der Waals surface area contributed by atoms with Crippen LogP contribution in [-0.4, -0.2) is 23.7 Å². The van der Waals surface area contributed by atoms with Crippen molar-refractivity contribution in [3.8, 4) is 5.75 Å². The van der Waals surface area contributed by atoms with Crippen LogP contribution in [0.3, 0.4) is 0 Å². The van der Waals surface area contributed by atoms with Crippen LogP contribution >= 0.6 is 11.6 Å². The average Bonchev–Trinajstić information content (AvgIpc) is 2.66. The number of alkyl carbamates (subject to hydrolysis) is 1. The minimum atomic E-state index is -0.915. The second-order valence-electron chi connectivity index (χ2n) is 8.36. The van der Waals surface area contributed by atoms with Gasteiger partial charge < -0.3 is 19.2 Å². The molecule has 1 aliphatic rings. The number of nitrogens with one attached hydrogen (secondary N) is 1. The standard InChI is InChI=1S/C22H26ClNO6/c1-5-16(24-21(27)30-22(2,3)4)20(26)29-18-11-17-14(10-15(18)23)12-8-6-7-9-13(12)19(25)28-17/h10-11,16H,5-9H2,1-4H3,(H,24,27). The molecule has 30 heavy (non-hydrogen) atoms. The first-order valence-corrected chi connectivity index (χ1v) is 10.5. The predicted octanol–water partition coefficient (Wildman–Crippen LogP) is 4.53. The zero-order chi connectivity index (χ0) is 22.1. The third-order valence-corrected chi connectivity index (χ3v) is 5.17. The van der Waals surface area contributed by atoms with Gasteiger partial charge in [0.1, 0.15) is 17.2 Å². The summed E-state index contributed by atoms with van der Waals surface area (Å²) in [6, 6.07) is 2.20. The lowest BCUT2D eigenvalue weighted by Crippen LogP contribution is -2.44. The zero-order valence-corrected chi connectivity index (χ0v) is 18.4. The summed E-state index contributed by atoms with van der Waals surface area (Å²) in [6.07, 6.45) is 3.01. The van der Waals surface area contributed by atoms with Crippen molar-refractivity contribution in [3.63, 3.8) is 0 Å². The molecule has 7 nitrogen and oxygen atoms in total. The van der Waals surface area contributed by atoms with Crippen molar-refractivity contribution in [3.05, 3.63) is 38.7 Å². The third kappa shape index (κ3) is 4.95. The average molecular weight is 436 g/mol. The first kappa shape index (κ1) is 22.2. The van der Waals surface area contributed by atoms with Crippen molar-refractivity contribution in [2.24, 2.45) is 0 Å². The third-order valence-electron chi connectivity index (χ3n) is 4.87. The molecule has 1 atom stereocenters. The fraction of sp³-hybridized carbons (Fsp3) is 0.500. The highest BCUT2D eigenvalue weighted by molar-refractivity contribution is 6.33. The molecule has 0 saturated carbocycles. The molecule has 0 spiro atoms. The molecule has 3 rings (SSSR count). The number of halogens is 1. The smallest absolute Gasteiger partial charge is 0.408 e. The van der Waals surface area contributed by atoms with Gasteiger partial charge in [-0.2, -0.15) is 0 Å². The molecule has 0 aliphatic heterocycles. The van der Waals surface area contributed by atoms with Gasteiger partial charge in [0.2, 0.25) is 0 Å². The van der Waals surface area contributed by atoms with Gasteiger partial charge in [0.15, 0.2) is 5.75 Å². The quantitative estimate of drug-likeness (QED) is 0.430. The van der Waals surface area contributed by atoms with Crippen molar-refractivity contribution in [1.82, 2.24) is 5.32 Å². The fourth-order valence-electron chi connectivity index (χ4n) is 3.48. The number of rotatable bonds is 4. The Morgan fingerprint density at radius 1 is 1.20 bits per heavy atom.